The second kappa shape index (κ2) is 4.36. The van der Waals surface area contributed by atoms with Gasteiger partial charge in [0, 0.05) is 5.56 Å². The zero-order valence-corrected chi connectivity index (χ0v) is 8.80. The lowest BCUT2D eigenvalue weighted by Crippen LogP contribution is -2.09. The van der Waals surface area contributed by atoms with Crippen LogP contribution in [0.25, 0.3) is 11.3 Å². The molecule has 0 fully saturated rings. The molecular formula is C12H6F5N. The van der Waals surface area contributed by atoms with Crippen molar-refractivity contribution in [1.82, 2.24) is 4.98 Å². The van der Waals surface area contributed by atoms with Crippen molar-refractivity contribution >= 4 is 0 Å². The lowest BCUT2D eigenvalue weighted by Gasteiger charge is -2.08. The lowest BCUT2D eigenvalue weighted by molar-refractivity contribution is -0.141. The predicted octanol–water partition coefficient (Wildman–Crippen LogP) is 4.05. The van der Waals surface area contributed by atoms with Gasteiger partial charge < -0.3 is 0 Å². The molecule has 0 saturated heterocycles. The standard InChI is InChI=1S/C12H6F5N/c13-8-3-1-2-7(6-8)11-9(14)4-5-10(18-11)12(15,16)17/h1-6H. The minimum absolute atomic E-state index is 0.0430. The monoisotopic (exact) mass is 259 g/mol. The van der Waals surface area contributed by atoms with E-state index in [1.54, 1.807) is 0 Å². The van der Waals surface area contributed by atoms with E-state index in [4.69, 9.17) is 0 Å². The molecule has 2 rings (SSSR count). The first-order valence-electron chi connectivity index (χ1n) is 4.87. The molecule has 18 heavy (non-hydrogen) atoms. The Bertz CT molecular complexity index is 577. The summed E-state index contributed by atoms with van der Waals surface area (Å²) in [6.07, 6.45) is -4.67. The van der Waals surface area contributed by atoms with Crippen molar-refractivity contribution in [3.8, 4) is 11.3 Å². The highest BCUT2D eigenvalue weighted by Gasteiger charge is 2.33. The van der Waals surface area contributed by atoms with Crippen LogP contribution in [0.3, 0.4) is 0 Å². The van der Waals surface area contributed by atoms with E-state index in [0.717, 1.165) is 12.1 Å². The van der Waals surface area contributed by atoms with Gasteiger partial charge in [0.25, 0.3) is 0 Å². The number of aromatic nitrogens is 1. The summed E-state index contributed by atoms with van der Waals surface area (Å²) in [7, 11) is 0. The summed E-state index contributed by atoms with van der Waals surface area (Å²) in [5.74, 6) is -1.61. The van der Waals surface area contributed by atoms with E-state index in [-0.39, 0.29) is 5.56 Å². The first-order chi connectivity index (χ1) is 8.38. The van der Waals surface area contributed by atoms with Crippen LogP contribution in [0, 0.1) is 11.6 Å². The van der Waals surface area contributed by atoms with Crippen molar-refractivity contribution in [3.05, 3.63) is 53.7 Å². The van der Waals surface area contributed by atoms with Crippen molar-refractivity contribution in [1.29, 1.82) is 0 Å². The highest BCUT2D eigenvalue weighted by atomic mass is 19.4. The van der Waals surface area contributed by atoms with Gasteiger partial charge >= 0.3 is 6.18 Å². The Balaban J connectivity index is 2.57. The minimum Gasteiger partial charge on any atom is -0.240 e. The topological polar surface area (TPSA) is 12.9 Å². The molecule has 0 unspecified atom stereocenters. The van der Waals surface area contributed by atoms with Crippen LogP contribution in [-0.2, 0) is 6.18 Å². The molecule has 0 N–H and O–H groups in total. The lowest BCUT2D eigenvalue weighted by atomic mass is 10.1. The van der Waals surface area contributed by atoms with Crippen molar-refractivity contribution in [2.45, 2.75) is 6.18 Å². The maximum absolute atomic E-state index is 13.4. The average Bonchev–Trinajstić information content (AvgIpc) is 2.28. The van der Waals surface area contributed by atoms with Gasteiger partial charge in [-0.3, -0.25) is 0 Å². The normalized spacial score (nSPS) is 11.6. The molecule has 0 atom stereocenters. The molecule has 6 heteroatoms. The van der Waals surface area contributed by atoms with E-state index in [0.29, 0.717) is 12.1 Å². The number of halogens is 5. The Kier molecular flexibility index (Phi) is 3.02. The molecular weight excluding hydrogens is 253 g/mol. The summed E-state index contributed by atoms with van der Waals surface area (Å²) in [5.41, 5.74) is -1.79. The number of alkyl halides is 3. The molecule has 0 aliphatic heterocycles. The predicted molar refractivity (Wildman–Crippen MR) is 54.6 cm³/mol. The zero-order valence-electron chi connectivity index (χ0n) is 8.80. The van der Waals surface area contributed by atoms with Crippen LogP contribution in [-0.4, -0.2) is 4.98 Å². The third kappa shape index (κ3) is 2.47. The average molecular weight is 259 g/mol. The fourth-order valence-corrected chi connectivity index (χ4v) is 1.44. The summed E-state index contributed by atoms with van der Waals surface area (Å²) in [5, 5.41) is 0. The van der Waals surface area contributed by atoms with Crippen LogP contribution < -0.4 is 0 Å². The van der Waals surface area contributed by atoms with E-state index < -0.39 is 29.2 Å². The third-order valence-corrected chi connectivity index (χ3v) is 2.23. The first-order valence-corrected chi connectivity index (χ1v) is 4.87. The van der Waals surface area contributed by atoms with E-state index in [2.05, 4.69) is 4.98 Å². The van der Waals surface area contributed by atoms with Gasteiger partial charge in [-0.1, -0.05) is 12.1 Å². The van der Waals surface area contributed by atoms with Gasteiger partial charge in [-0.25, -0.2) is 13.8 Å². The number of rotatable bonds is 1. The van der Waals surface area contributed by atoms with Gasteiger partial charge in [0.15, 0.2) is 0 Å². The highest BCUT2D eigenvalue weighted by molar-refractivity contribution is 5.60. The molecule has 0 saturated carbocycles. The van der Waals surface area contributed by atoms with Crippen LogP contribution in [0.4, 0.5) is 22.0 Å². The molecule has 94 valence electrons. The van der Waals surface area contributed by atoms with Crippen LogP contribution >= 0.6 is 0 Å². The molecule has 0 bridgehead atoms. The zero-order chi connectivity index (χ0) is 13.3. The minimum atomic E-state index is -4.67. The third-order valence-electron chi connectivity index (χ3n) is 2.23. The molecule has 0 aliphatic carbocycles. The second-order valence-corrected chi connectivity index (χ2v) is 3.54. The maximum Gasteiger partial charge on any atom is 0.433 e. The number of nitrogens with zero attached hydrogens (tertiary/aromatic N) is 1. The van der Waals surface area contributed by atoms with Crippen LogP contribution in [0.2, 0.25) is 0 Å². The van der Waals surface area contributed by atoms with Gasteiger partial charge in [-0.15, -0.1) is 0 Å². The molecule has 1 nitrogen and oxygen atoms in total. The molecule has 0 aliphatic rings. The first kappa shape index (κ1) is 12.5. The van der Waals surface area contributed by atoms with Gasteiger partial charge in [-0.05, 0) is 24.3 Å². The Morgan fingerprint density at radius 3 is 2.28 bits per heavy atom. The molecule has 0 spiro atoms. The molecule has 1 heterocycles. The Labute approximate surface area is 98.9 Å². The number of pyridine rings is 1. The molecule has 2 aromatic rings. The van der Waals surface area contributed by atoms with Gasteiger partial charge in [-0.2, -0.15) is 13.2 Å². The fraction of sp³-hybridized carbons (Fsp3) is 0.0833. The Hall–Kier alpha value is -1.98. The summed E-state index contributed by atoms with van der Waals surface area (Å²) >= 11 is 0. The van der Waals surface area contributed by atoms with Crippen molar-refractivity contribution in [3.63, 3.8) is 0 Å². The van der Waals surface area contributed by atoms with Gasteiger partial charge in [0.05, 0.1) is 0 Å². The van der Waals surface area contributed by atoms with Crippen molar-refractivity contribution in [2.24, 2.45) is 0 Å². The second-order valence-electron chi connectivity index (χ2n) is 3.54. The van der Waals surface area contributed by atoms with Crippen molar-refractivity contribution in [2.75, 3.05) is 0 Å². The largest absolute Gasteiger partial charge is 0.433 e. The molecule has 0 amide bonds. The Morgan fingerprint density at radius 1 is 0.944 bits per heavy atom. The van der Waals surface area contributed by atoms with E-state index >= 15 is 0 Å². The quantitative estimate of drug-likeness (QED) is 0.704. The summed E-state index contributed by atoms with van der Waals surface area (Å²) in [6.45, 7) is 0. The maximum atomic E-state index is 13.4. The molecule has 0 radical (unpaired) electrons. The number of hydrogen-bond donors (Lipinski definition) is 0. The Morgan fingerprint density at radius 2 is 1.67 bits per heavy atom. The highest BCUT2D eigenvalue weighted by Crippen LogP contribution is 2.30. The summed E-state index contributed by atoms with van der Waals surface area (Å²) in [4.78, 5) is 3.19. The number of hydrogen-bond acceptors (Lipinski definition) is 1. The van der Waals surface area contributed by atoms with Gasteiger partial charge in [0.1, 0.15) is 23.0 Å². The molecule has 1 aromatic carbocycles. The van der Waals surface area contributed by atoms with Crippen molar-refractivity contribution < 1.29 is 22.0 Å². The van der Waals surface area contributed by atoms with Gasteiger partial charge in [0.2, 0.25) is 0 Å². The van der Waals surface area contributed by atoms with Crippen LogP contribution in [0.5, 0.6) is 0 Å². The number of benzene rings is 1. The SMILES string of the molecule is Fc1cccc(-c2nc(C(F)(F)F)ccc2F)c1. The molecule has 1 aromatic heterocycles. The van der Waals surface area contributed by atoms with E-state index in [1.165, 1.54) is 12.1 Å². The summed E-state index contributed by atoms with van der Waals surface area (Å²) < 4.78 is 63.7. The smallest absolute Gasteiger partial charge is 0.240 e. The van der Waals surface area contributed by atoms with E-state index in [9.17, 15) is 22.0 Å². The fourth-order valence-electron chi connectivity index (χ4n) is 1.44. The van der Waals surface area contributed by atoms with Crippen LogP contribution in [0.1, 0.15) is 5.69 Å². The summed E-state index contributed by atoms with van der Waals surface area (Å²) in [6, 6.07) is 5.79. The van der Waals surface area contributed by atoms with Crippen LogP contribution in [0.15, 0.2) is 36.4 Å². The van der Waals surface area contributed by atoms with E-state index in [1.807, 2.05) is 0 Å².